The van der Waals surface area contributed by atoms with Gasteiger partial charge in [0.05, 0.1) is 5.56 Å². The molecule has 0 spiro atoms. The van der Waals surface area contributed by atoms with Gasteiger partial charge in [0.25, 0.3) is 0 Å². The summed E-state index contributed by atoms with van der Waals surface area (Å²) in [4.78, 5) is 0. The highest BCUT2D eigenvalue weighted by atomic mass is 19.1. The zero-order chi connectivity index (χ0) is 19.7. The molecular formula is C25H15F3. The van der Waals surface area contributed by atoms with Crippen molar-refractivity contribution in [2.24, 2.45) is 0 Å². The Morgan fingerprint density at radius 2 is 1.18 bits per heavy atom. The van der Waals surface area contributed by atoms with E-state index in [-0.39, 0.29) is 11.4 Å². The lowest BCUT2D eigenvalue weighted by atomic mass is 10.0. The predicted octanol–water partition coefficient (Wildman–Crippen LogP) is 6.63. The highest BCUT2D eigenvalue weighted by Crippen LogP contribution is 2.27. The molecular weight excluding hydrogens is 357 g/mol. The Hall–Kier alpha value is -3.51. The fourth-order valence-corrected chi connectivity index (χ4v) is 3.13. The van der Waals surface area contributed by atoms with Gasteiger partial charge in [-0.25, -0.2) is 13.2 Å². The van der Waals surface area contributed by atoms with E-state index in [1.54, 1.807) is 37.3 Å². The van der Waals surface area contributed by atoms with Crippen LogP contribution >= 0.6 is 0 Å². The fourth-order valence-electron chi connectivity index (χ4n) is 3.13. The zero-order valence-corrected chi connectivity index (χ0v) is 15.1. The first kappa shape index (κ1) is 17.9. The van der Waals surface area contributed by atoms with Crippen molar-refractivity contribution in [2.75, 3.05) is 0 Å². The van der Waals surface area contributed by atoms with E-state index in [2.05, 4.69) is 11.8 Å². The molecule has 0 heterocycles. The maximum atomic E-state index is 14.1. The number of aryl methyl sites for hydroxylation is 1. The van der Waals surface area contributed by atoms with Crippen LogP contribution in [-0.4, -0.2) is 0 Å². The maximum absolute atomic E-state index is 14.1. The molecule has 0 bridgehead atoms. The number of hydrogen-bond donors (Lipinski definition) is 0. The smallest absolute Gasteiger partial charge is 0.134 e. The highest BCUT2D eigenvalue weighted by Gasteiger charge is 2.12. The number of fused-ring (bicyclic) bond motifs is 1. The lowest BCUT2D eigenvalue weighted by molar-refractivity contribution is 0.587. The molecule has 0 aliphatic rings. The van der Waals surface area contributed by atoms with Crippen molar-refractivity contribution in [3.8, 4) is 23.0 Å². The molecule has 0 N–H and O–H groups in total. The molecule has 3 heteroatoms. The van der Waals surface area contributed by atoms with Crippen LogP contribution in [0.5, 0.6) is 0 Å². The van der Waals surface area contributed by atoms with Crippen molar-refractivity contribution >= 4 is 10.8 Å². The van der Waals surface area contributed by atoms with Gasteiger partial charge in [-0.1, -0.05) is 36.1 Å². The van der Waals surface area contributed by atoms with Gasteiger partial charge in [0, 0.05) is 11.1 Å². The maximum Gasteiger partial charge on any atom is 0.134 e. The molecule has 0 unspecified atom stereocenters. The van der Waals surface area contributed by atoms with E-state index >= 15 is 0 Å². The number of rotatable bonds is 1. The van der Waals surface area contributed by atoms with Crippen LogP contribution in [0, 0.1) is 36.2 Å². The quantitative estimate of drug-likeness (QED) is 0.329. The van der Waals surface area contributed by atoms with E-state index in [0.717, 1.165) is 21.9 Å². The molecule has 4 aromatic carbocycles. The second kappa shape index (κ2) is 7.25. The Kier molecular flexibility index (Phi) is 4.63. The summed E-state index contributed by atoms with van der Waals surface area (Å²) in [6, 6.07) is 19.6. The summed E-state index contributed by atoms with van der Waals surface area (Å²) in [6.45, 7) is 1.65. The molecule has 0 saturated carbocycles. The van der Waals surface area contributed by atoms with Gasteiger partial charge in [-0.2, -0.15) is 0 Å². The highest BCUT2D eigenvalue weighted by molar-refractivity contribution is 5.84. The summed E-state index contributed by atoms with van der Waals surface area (Å²) in [5, 5.41) is 1.73. The molecule has 0 saturated heterocycles. The van der Waals surface area contributed by atoms with E-state index in [0.29, 0.717) is 11.1 Å². The van der Waals surface area contributed by atoms with Crippen LogP contribution in [0.4, 0.5) is 13.2 Å². The van der Waals surface area contributed by atoms with Gasteiger partial charge in [0.15, 0.2) is 0 Å². The largest absolute Gasteiger partial charge is 0.207 e. The third kappa shape index (κ3) is 3.63. The summed E-state index contributed by atoms with van der Waals surface area (Å²) in [6.07, 6.45) is 0. The molecule has 0 atom stereocenters. The van der Waals surface area contributed by atoms with E-state index in [1.165, 1.54) is 24.3 Å². The Morgan fingerprint density at radius 1 is 0.607 bits per heavy atom. The molecule has 0 fully saturated rings. The van der Waals surface area contributed by atoms with Gasteiger partial charge < -0.3 is 0 Å². The Labute approximate surface area is 161 Å². The van der Waals surface area contributed by atoms with Crippen molar-refractivity contribution in [1.29, 1.82) is 0 Å². The molecule has 0 aliphatic heterocycles. The Balaban J connectivity index is 1.62. The molecule has 4 aromatic rings. The van der Waals surface area contributed by atoms with Crippen LogP contribution in [0.25, 0.3) is 21.9 Å². The molecule has 4 rings (SSSR count). The molecule has 0 radical (unpaired) electrons. The second-order valence-electron chi connectivity index (χ2n) is 6.64. The van der Waals surface area contributed by atoms with E-state index in [4.69, 9.17) is 0 Å². The van der Waals surface area contributed by atoms with Gasteiger partial charge in [0.1, 0.15) is 17.5 Å². The molecule has 0 aliphatic carbocycles. The first-order valence-corrected chi connectivity index (χ1v) is 8.77. The summed E-state index contributed by atoms with van der Waals surface area (Å²) < 4.78 is 41.5. The zero-order valence-electron chi connectivity index (χ0n) is 15.1. The lowest BCUT2D eigenvalue weighted by Crippen LogP contribution is -1.92. The summed E-state index contributed by atoms with van der Waals surface area (Å²) in [5.74, 6) is 4.68. The number of halogens is 3. The van der Waals surface area contributed by atoms with Gasteiger partial charge in [0.2, 0.25) is 0 Å². The first-order valence-electron chi connectivity index (χ1n) is 8.77. The van der Waals surface area contributed by atoms with E-state index in [9.17, 15) is 13.2 Å². The van der Waals surface area contributed by atoms with Crippen LogP contribution in [0.15, 0.2) is 72.8 Å². The molecule has 136 valence electrons. The van der Waals surface area contributed by atoms with E-state index in [1.807, 2.05) is 18.2 Å². The van der Waals surface area contributed by atoms with Crippen molar-refractivity contribution in [2.45, 2.75) is 6.92 Å². The number of benzene rings is 4. The van der Waals surface area contributed by atoms with Crippen LogP contribution in [-0.2, 0) is 0 Å². The Morgan fingerprint density at radius 3 is 1.89 bits per heavy atom. The lowest BCUT2D eigenvalue weighted by Gasteiger charge is -2.06. The van der Waals surface area contributed by atoms with Crippen LogP contribution < -0.4 is 0 Å². The van der Waals surface area contributed by atoms with Gasteiger partial charge in [-0.05, 0) is 77.4 Å². The van der Waals surface area contributed by atoms with Crippen molar-refractivity contribution in [1.82, 2.24) is 0 Å². The van der Waals surface area contributed by atoms with Gasteiger partial charge >= 0.3 is 0 Å². The number of hydrogen-bond acceptors (Lipinski definition) is 0. The van der Waals surface area contributed by atoms with Gasteiger partial charge in [-0.15, -0.1) is 0 Å². The molecule has 0 amide bonds. The van der Waals surface area contributed by atoms with Crippen LogP contribution in [0.3, 0.4) is 0 Å². The third-order valence-electron chi connectivity index (χ3n) is 4.51. The first-order chi connectivity index (χ1) is 13.5. The molecule has 28 heavy (non-hydrogen) atoms. The summed E-state index contributed by atoms with van der Waals surface area (Å²) in [5.41, 5.74) is 2.51. The van der Waals surface area contributed by atoms with Crippen LogP contribution in [0.1, 0.15) is 16.7 Å². The second-order valence-corrected chi connectivity index (χ2v) is 6.64. The fraction of sp³-hybridized carbons (Fsp3) is 0.0400. The predicted molar refractivity (Wildman–Crippen MR) is 106 cm³/mol. The van der Waals surface area contributed by atoms with Crippen molar-refractivity contribution in [3.63, 3.8) is 0 Å². The van der Waals surface area contributed by atoms with Crippen molar-refractivity contribution in [3.05, 3.63) is 107 Å². The average molecular weight is 372 g/mol. The third-order valence-corrected chi connectivity index (χ3v) is 4.51. The van der Waals surface area contributed by atoms with Crippen LogP contribution in [0.2, 0.25) is 0 Å². The summed E-state index contributed by atoms with van der Waals surface area (Å²) >= 11 is 0. The standard InChI is InChI=1S/C25H15F3/c1-16-12-23(27)25(24(28)13-16)19-7-4-17(5-8-19)2-3-18-6-9-21-15-22(26)11-10-20(21)14-18/h4-15H,1H3. The van der Waals surface area contributed by atoms with E-state index < -0.39 is 11.6 Å². The monoisotopic (exact) mass is 372 g/mol. The normalized spacial score (nSPS) is 10.6. The minimum absolute atomic E-state index is 0.0353. The molecule has 0 nitrogen and oxygen atoms in total. The summed E-state index contributed by atoms with van der Waals surface area (Å²) in [7, 11) is 0. The Bertz CT molecular complexity index is 1220. The minimum atomic E-state index is -0.580. The van der Waals surface area contributed by atoms with Gasteiger partial charge in [-0.3, -0.25) is 0 Å². The minimum Gasteiger partial charge on any atom is -0.207 e. The van der Waals surface area contributed by atoms with Crippen molar-refractivity contribution < 1.29 is 13.2 Å². The topological polar surface area (TPSA) is 0 Å². The SMILES string of the molecule is Cc1cc(F)c(-c2ccc(C#Cc3ccc4cc(F)ccc4c3)cc2)c(F)c1. The average Bonchev–Trinajstić information content (AvgIpc) is 2.66. The molecule has 0 aromatic heterocycles.